The normalized spacial score (nSPS) is 16.9. The Morgan fingerprint density at radius 2 is 2.06 bits per heavy atom. The van der Waals surface area contributed by atoms with Crippen LogP contribution in [-0.4, -0.2) is 11.1 Å². The third-order valence-electron chi connectivity index (χ3n) is 3.02. The van der Waals surface area contributed by atoms with Crippen molar-refractivity contribution in [1.82, 2.24) is 0 Å². The fourth-order valence-corrected chi connectivity index (χ4v) is 2.50. The molecule has 0 amide bonds. The van der Waals surface area contributed by atoms with Crippen LogP contribution in [0.3, 0.4) is 0 Å². The van der Waals surface area contributed by atoms with Crippen LogP contribution in [0.25, 0.3) is 0 Å². The minimum Gasteiger partial charge on any atom is -0.481 e. The summed E-state index contributed by atoms with van der Waals surface area (Å²) in [5, 5.41) is 9.13. The van der Waals surface area contributed by atoms with Crippen LogP contribution in [0.1, 0.15) is 30.7 Å². The van der Waals surface area contributed by atoms with Gasteiger partial charge in [0.25, 0.3) is 0 Å². The second-order valence-corrected chi connectivity index (χ2v) is 5.14. The van der Waals surface area contributed by atoms with E-state index in [-0.39, 0.29) is 22.4 Å². The Bertz CT molecular complexity index is 458. The predicted octanol–water partition coefficient (Wildman–Crippen LogP) is 4.10. The molecule has 0 aromatic heterocycles. The van der Waals surface area contributed by atoms with Crippen LogP contribution < -0.4 is 0 Å². The number of rotatable bonds is 4. The van der Waals surface area contributed by atoms with E-state index in [1.165, 1.54) is 6.07 Å². The van der Waals surface area contributed by atoms with E-state index < -0.39 is 11.8 Å². The van der Waals surface area contributed by atoms with E-state index in [9.17, 15) is 9.18 Å². The molecule has 1 atom stereocenters. The van der Waals surface area contributed by atoms with Crippen LogP contribution >= 0.6 is 23.2 Å². The highest BCUT2D eigenvalue weighted by atomic mass is 35.5. The Kier molecular flexibility index (Phi) is 3.59. The first kappa shape index (κ1) is 12.7. The fraction of sp³-hybridized carbons (Fsp3) is 0.417. The molecule has 1 aliphatic carbocycles. The van der Waals surface area contributed by atoms with Gasteiger partial charge in [0.15, 0.2) is 0 Å². The summed E-state index contributed by atoms with van der Waals surface area (Å²) in [6.45, 7) is 0. The molecule has 1 aliphatic rings. The van der Waals surface area contributed by atoms with Gasteiger partial charge in [0.1, 0.15) is 5.82 Å². The summed E-state index contributed by atoms with van der Waals surface area (Å²) in [5.41, 5.74) is 0.642. The monoisotopic (exact) mass is 276 g/mol. The molecule has 92 valence electrons. The van der Waals surface area contributed by atoms with Gasteiger partial charge in [-0.15, -0.1) is 0 Å². The van der Waals surface area contributed by atoms with Gasteiger partial charge >= 0.3 is 5.97 Å². The SMILES string of the molecule is O=C(O)CC(c1cc(Cl)c(F)cc1Cl)C1CC1. The molecule has 1 fully saturated rings. The number of hydrogen-bond donors (Lipinski definition) is 1. The summed E-state index contributed by atoms with van der Waals surface area (Å²) >= 11 is 11.7. The highest BCUT2D eigenvalue weighted by molar-refractivity contribution is 6.33. The van der Waals surface area contributed by atoms with E-state index in [0.717, 1.165) is 18.9 Å². The number of carbonyl (C=O) groups is 1. The third kappa shape index (κ3) is 2.90. The highest BCUT2D eigenvalue weighted by Gasteiger charge is 2.35. The van der Waals surface area contributed by atoms with Crippen molar-refractivity contribution in [1.29, 1.82) is 0 Å². The summed E-state index contributed by atoms with van der Waals surface area (Å²) in [4.78, 5) is 10.8. The van der Waals surface area contributed by atoms with E-state index >= 15 is 0 Å². The van der Waals surface area contributed by atoms with Crippen LogP contribution in [0.15, 0.2) is 12.1 Å². The van der Waals surface area contributed by atoms with Crippen LogP contribution in [0, 0.1) is 11.7 Å². The first-order valence-corrected chi connectivity index (χ1v) is 6.11. The van der Waals surface area contributed by atoms with E-state index in [4.69, 9.17) is 28.3 Å². The van der Waals surface area contributed by atoms with Gasteiger partial charge in [0.05, 0.1) is 11.4 Å². The van der Waals surface area contributed by atoms with Gasteiger partial charge in [-0.3, -0.25) is 4.79 Å². The van der Waals surface area contributed by atoms with Gasteiger partial charge in [-0.25, -0.2) is 4.39 Å². The number of benzene rings is 1. The first-order valence-electron chi connectivity index (χ1n) is 5.35. The van der Waals surface area contributed by atoms with E-state index in [1.54, 1.807) is 0 Å². The molecule has 0 radical (unpaired) electrons. The van der Waals surface area contributed by atoms with Crippen molar-refractivity contribution in [2.24, 2.45) is 5.92 Å². The molecule has 2 rings (SSSR count). The summed E-state index contributed by atoms with van der Waals surface area (Å²) in [7, 11) is 0. The Morgan fingerprint density at radius 3 is 2.59 bits per heavy atom. The fourth-order valence-electron chi connectivity index (χ4n) is 2.04. The number of hydrogen-bond acceptors (Lipinski definition) is 1. The van der Waals surface area contributed by atoms with E-state index in [1.807, 2.05) is 0 Å². The maximum atomic E-state index is 13.2. The van der Waals surface area contributed by atoms with Crippen LogP contribution in [-0.2, 0) is 4.79 Å². The van der Waals surface area contributed by atoms with Crippen molar-refractivity contribution >= 4 is 29.2 Å². The third-order valence-corrected chi connectivity index (χ3v) is 3.64. The quantitative estimate of drug-likeness (QED) is 0.841. The average Bonchev–Trinajstić information content (AvgIpc) is 3.04. The zero-order valence-corrected chi connectivity index (χ0v) is 10.4. The Morgan fingerprint density at radius 1 is 1.41 bits per heavy atom. The van der Waals surface area contributed by atoms with E-state index in [0.29, 0.717) is 11.5 Å². The highest BCUT2D eigenvalue weighted by Crippen LogP contribution is 2.47. The molecule has 0 spiro atoms. The minimum absolute atomic E-state index is 0.00630. The van der Waals surface area contributed by atoms with Gasteiger partial charge in [0.2, 0.25) is 0 Å². The first-order chi connectivity index (χ1) is 7.99. The molecule has 5 heteroatoms. The molecule has 1 N–H and O–H groups in total. The lowest BCUT2D eigenvalue weighted by molar-refractivity contribution is -0.137. The second kappa shape index (κ2) is 4.83. The van der Waals surface area contributed by atoms with Crippen LogP contribution in [0.2, 0.25) is 10.0 Å². The van der Waals surface area contributed by atoms with Crippen molar-refractivity contribution in [3.63, 3.8) is 0 Å². The van der Waals surface area contributed by atoms with Crippen molar-refractivity contribution < 1.29 is 14.3 Å². The summed E-state index contributed by atoms with van der Waals surface area (Å²) in [5.74, 6) is -1.30. The Hall–Kier alpha value is -0.800. The molecule has 2 nitrogen and oxygen atoms in total. The Balaban J connectivity index is 2.35. The van der Waals surface area contributed by atoms with Gasteiger partial charge < -0.3 is 5.11 Å². The molecular weight excluding hydrogens is 266 g/mol. The smallest absolute Gasteiger partial charge is 0.303 e. The standard InChI is InChI=1S/C12H11Cl2FO2/c13-9-5-11(15)10(14)3-8(9)7(4-12(16)17)6-1-2-6/h3,5-7H,1-2,4H2,(H,16,17). The maximum Gasteiger partial charge on any atom is 0.303 e. The molecule has 0 bridgehead atoms. The van der Waals surface area contributed by atoms with Crippen molar-refractivity contribution in [2.75, 3.05) is 0 Å². The number of carboxylic acids is 1. The zero-order valence-electron chi connectivity index (χ0n) is 8.92. The summed E-state index contributed by atoms with van der Waals surface area (Å²) in [6, 6.07) is 2.60. The van der Waals surface area contributed by atoms with Gasteiger partial charge in [0, 0.05) is 5.02 Å². The minimum atomic E-state index is -0.876. The van der Waals surface area contributed by atoms with Gasteiger partial charge in [-0.2, -0.15) is 0 Å². The predicted molar refractivity (Wildman–Crippen MR) is 64.1 cm³/mol. The summed E-state index contributed by atoms with van der Waals surface area (Å²) < 4.78 is 13.2. The molecule has 0 saturated heterocycles. The maximum absolute atomic E-state index is 13.2. The molecule has 1 unspecified atom stereocenters. The molecule has 1 aromatic rings. The molecule has 1 aromatic carbocycles. The zero-order chi connectivity index (χ0) is 12.6. The second-order valence-electron chi connectivity index (χ2n) is 4.33. The lowest BCUT2D eigenvalue weighted by Crippen LogP contribution is -2.09. The largest absolute Gasteiger partial charge is 0.481 e. The average molecular weight is 277 g/mol. The number of halogens is 3. The Labute approximate surface area is 108 Å². The molecule has 0 heterocycles. The molecule has 17 heavy (non-hydrogen) atoms. The van der Waals surface area contributed by atoms with Crippen LogP contribution in [0.5, 0.6) is 0 Å². The number of carboxylic acid groups (broad SMARTS) is 1. The lowest BCUT2D eigenvalue weighted by Gasteiger charge is -2.16. The molecule has 0 aliphatic heterocycles. The summed E-state index contributed by atoms with van der Waals surface area (Å²) in [6.07, 6.45) is 1.99. The van der Waals surface area contributed by atoms with E-state index in [2.05, 4.69) is 0 Å². The van der Waals surface area contributed by atoms with Crippen molar-refractivity contribution in [2.45, 2.75) is 25.2 Å². The van der Waals surface area contributed by atoms with Crippen LogP contribution in [0.4, 0.5) is 4.39 Å². The van der Waals surface area contributed by atoms with Gasteiger partial charge in [-0.1, -0.05) is 23.2 Å². The number of aliphatic carboxylic acids is 1. The lowest BCUT2D eigenvalue weighted by atomic mass is 9.91. The van der Waals surface area contributed by atoms with Crippen molar-refractivity contribution in [3.05, 3.63) is 33.6 Å². The molecular formula is C12H11Cl2FO2. The molecule has 1 saturated carbocycles. The van der Waals surface area contributed by atoms with Gasteiger partial charge in [-0.05, 0) is 42.4 Å². The topological polar surface area (TPSA) is 37.3 Å². The van der Waals surface area contributed by atoms with Crippen molar-refractivity contribution in [3.8, 4) is 0 Å².